The fourth-order valence-corrected chi connectivity index (χ4v) is 3.52. The molecule has 0 saturated carbocycles. The van der Waals surface area contributed by atoms with Crippen molar-refractivity contribution in [2.24, 2.45) is 0 Å². The van der Waals surface area contributed by atoms with Crippen molar-refractivity contribution in [2.75, 3.05) is 39.8 Å². The highest BCUT2D eigenvalue weighted by Crippen LogP contribution is 2.36. The van der Waals surface area contributed by atoms with Crippen LogP contribution in [0.5, 0.6) is 11.5 Å². The molecule has 0 fully saturated rings. The SMILES string of the molecule is COCCCN1C(=O)C(Nc2ccc(C)c(Cl)c2)=C(c2ccc(OC)c(OC)c2)C1=O. The van der Waals surface area contributed by atoms with Gasteiger partial charge in [-0.3, -0.25) is 14.5 Å². The lowest BCUT2D eigenvalue weighted by molar-refractivity contribution is -0.136. The standard InChI is InChI=1S/C23H25ClN2O5/c1-14-6-8-16(13-17(14)24)25-21-20(15-7-9-18(30-3)19(12-15)31-4)22(27)26(23(21)28)10-5-11-29-2/h6-9,12-13,25H,5,10-11H2,1-4H3. The lowest BCUT2D eigenvalue weighted by atomic mass is 10.0. The van der Waals surface area contributed by atoms with E-state index < -0.39 is 5.91 Å². The molecule has 3 rings (SSSR count). The maximum atomic E-state index is 13.3. The summed E-state index contributed by atoms with van der Waals surface area (Å²) in [6.45, 7) is 2.59. The Hall–Kier alpha value is -3.03. The molecule has 1 aliphatic rings. The van der Waals surface area contributed by atoms with Crippen LogP contribution in [0.1, 0.15) is 17.5 Å². The number of aryl methyl sites for hydroxylation is 1. The van der Waals surface area contributed by atoms with E-state index in [0.29, 0.717) is 40.8 Å². The number of amides is 2. The first kappa shape index (κ1) is 22.7. The Labute approximate surface area is 186 Å². The number of carbonyl (C=O) groups excluding carboxylic acids is 2. The average Bonchev–Trinajstić information content (AvgIpc) is 3.00. The third kappa shape index (κ3) is 4.68. The van der Waals surface area contributed by atoms with Gasteiger partial charge in [-0.15, -0.1) is 0 Å². The van der Waals surface area contributed by atoms with Crippen LogP contribution in [0.3, 0.4) is 0 Å². The van der Waals surface area contributed by atoms with Gasteiger partial charge in [0.2, 0.25) is 0 Å². The fourth-order valence-electron chi connectivity index (χ4n) is 3.34. The van der Waals surface area contributed by atoms with Gasteiger partial charge in [-0.1, -0.05) is 23.7 Å². The number of hydrogen-bond acceptors (Lipinski definition) is 6. The summed E-state index contributed by atoms with van der Waals surface area (Å²) < 4.78 is 15.7. The van der Waals surface area contributed by atoms with E-state index in [1.54, 1.807) is 31.4 Å². The predicted molar refractivity (Wildman–Crippen MR) is 119 cm³/mol. The summed E-state index contributed by atoms with van der Waals surface area (Å²) in [5.74, 6) is 0.209. The average molecular weight is 445 g/mol. The highest BCUT2D eigenvalue weighted by Gasteiger charge is 2.39. The molecule has 2 aromatic carbocycles. The lowest BCUT2D eigenvalue weighted by Crippen LogP contribution is -2.33. The Morgan fingerprint density at radius 2 is 1.71 bits per heavy atom. The summed E-state index contributed by atoms with van der Waals surface area (Å²) in [5, 5.41) is 3.67. The van der Waals surface area contributed by atoms with Gasteiger partial charge in [0.15, 0.2) is 11.5 Å². The number of ether oxygens (including phenoxy) is 3. The lowest BCUT2D eigenvalue weighted by Gasteiger charge is -2.15. The van der Waals surface area contributed by atoms with Crippen molar-refractivity contribution in [3.8, 4) is 11.5 Å². The third-order valence-corrected chi connectivity index (χ3v) is 5.42. The Balaban J connectivity index is 2.06. The molecule has 1 heterocycles. The van der Waals surface area contributed by atoms with Gasteiger partial charge in [0.25, 0.3) is 11.8 Å². The first-order valence-electron chi connectivity index (χ1n) is 9.76. The number of benzene rings is 2. The van der Waals surface area contributed by atoms with Crippen LogP contribution < -0.4 is 14.8 Å². The number of anilines is 1. The number of hydrogen-bond donors (Lipinski definition) is 1. The maximum Gasteiger partial charge on any atom is 0.278 e. The summed E-state index contributed by atoms with van der Waals surface area (Å²) in [4.78, 5) is 27.7. The maximum absolute atomic E-state index is 13.3. The van der Waals surface area contributed by atoms with Gasteiger partial charge in [0.05, 0.1) is 19.8 Å². The first-order valence-corrected chi connectivity index (χ1v) is 10.1. The zero-order valence-corrected chi connectivity index (χ0v) is 18.7. The molecule has 1 N–H and O–H groups in total. The molecular formula is C23H25ClN2O5. The molecule has 0 radical (unpaired) electrons. The molecule has 8 heteroatoms. The van der Waals surface area contributed by atoms with Crippen molar-refractivity contribution in [3.05, 3.63) is 58.2 Å². The zero-order chi connectivity index (χ0) is 22.5. The zero-order valence-electron chi connectivity index (χ0n) is 18.0. The quantitative estimate of drug-likeness (QED) is 0.467. The molecule has 0 aromatic heterocycles. The molecule has 0 unspecified atom stereocenters. The van der Waals surface area contributed by atoms with E-state index in [9.17, 15) is 9.59 Å². The number of nitrogens with one attached hydrogen (secondary N) is 1. The van der Waals surface area contributed by atoms with Gasteiger partial charge in [-0.05, 0) is 48.7 Å². The first-order chi connectivity index (χ1) is 14.9. The number of nitrogens with zero attached hydrogens (tertiary/aromatic N) is 1. The van der Waals surface area contributed by atoms with E-state index in [1.165, 1.54) is 19.1 Å². The normalized spacial score (nSPS) is 13.8. The van der Waals surface area contributed by atoms with Gasteiger partial charge in [0.1, 0.15) is 5.70 Å². The Bertz CT molecular complexity index is 1030. The van der Waals surface area contributed by atoms with Crippen LogP contribution in [0.2, 0.25) is 5.02 Å². The van der Waals surface area contributed by atoms with E-state index in [1.807, 2.05) is 19.1 Å². The fraction of sp³-hybridized carbons (Fsp3) is 0.304. The predicted octanol–water partition coefficient (Wildman–Crippen LogP) is 3.89. The van der Waals surface area contributed by atoms with Crippen molar-refractivity contribution in [3.63, 3.8) is 0 Å². The minimum Gasteiger partial charge on any atom is -0.493 e. The highest BCUT2D eigenvalue weighted by atomic mass is 35.5. The molecule has 164 valence electrons. The minimum atomic E-state index is -0.400. The molecule has 0 saturated heterocycles. The Kier molecular flexibility index (Phi) is 7.20. The van der Waals surface area contributed by atoms with E-state index in [-0.39, 0.29) is 23.7 Å². The van der Waals surface area contributed by atoms with Crippen molar-refractivity contribution in [2.45, 2.75) is 13.3 Å². The van der Waals surface area contributed by atoms with Crippen molar-refractivity contribution >= 4 is 34.7 Å². The van der Waals surface area contributed by atoms with Crippen LogP contribution in [0.15, 0.2) is 42.1 Å². The van der Waals surface area contributed by atoms with Gasteiger partial charge < -0.3 is 19.5 Å². The molecular weight excluding hydrogens is 420 g/mol. The van der Waals surface area contributed by atoms with Crippen molar-refractivity contribution in [1.82, 2.24) is 4.90 Å². The summed E-state index contributed by atoms with van der Waals surface area (Å²) in [6, 6.07) is 10.5. The van der Waals surface area contributed by atoms with Gasteiger partial charge in [-0.25, -0.2) is 0 Å². The number of rotatable bonds is 9. The number of carbonyl (C=O) groups is 2. The Morgan fingerprint density at radius 1 is 0.968 bits per heavy atom. The molecule has 0 bridgehead atoms. The molecule has 31 heavy (non-hydrogen) atoms. The summed E-state index contributed by atoms with van der Waals surface area (Å²) in [5.41, 5.74) is 2.53. The van der Waals surface area contributed by atoms with E-state index in [4.69, 9.17) is 25.8 Å². The van der Waals surface area contributed by atoms with Crippen molar-refractivity contribution in [1.29, 1.82) is 0 Å². The van der Waals surface area contributed by atoms with Gasteiger partial charge >= 0.3 is 0 Å². The Morgan fingerprint density at radius 3 is 2.35 bits per heavy atom. The van der Waals surface area contributed by atoms with E-state index >= 15 is 0 Å². The molecule has 2 amide bonds. The largest absolute Gasteiger partial charge is 0.493 e. The highest BCUT2D eigenvalue weighted by molar-refractivity contribution is 6.36. The monoisotopic (exact) mass is 444 g/mol. The number of imide groups is 1. The van der Waals surface area contributed by atoms with Crippen LogP contribution in [0, 0.1) is 6.92 Å². The molecule has 1 aliphatic heterocycles. The second-order valence-corrected chi connectivity index (χ2v) is 7.42. The van der Waals surface area contributed by atoms with Crippen LogP contribution in [-0.2, 0) is 14.3 Å². The molecule has 2 aromatic rings. The van der Waals surface area contributed by atoms with Gasteiger partial charge in [-0.2, -0.15) is 0 Å². The van der Waals surface area contributed by atoms with Gasteiger partial charge in [0, 0.05) is 31.0 Å². The van der Waals surface area contributed by atoms with E-state index in [2.05, 4.69) is 5.32 Å². The molecule has 0 aliphatic carbocycles. The van der Waals surface area contributed by atoms with Crippen LogP contribution in [0.25, 0.3) is 5.57 Å². The number of halogens is 1. The molecule has 0 spiro atoms. The second-order valence-electron chi connectivity index (χ2n) is 7.02. The van der Waals surface area contributed by atoms with Crippen LogP contribution >= 0.6 is 11.6 Å². The molecule has 7 nitrogen and oxygen atoms in total. The molecule has 0 atom stereocenters. The van der Waals surface area contributed by atoms with E-state index in [0.717, 1.165) is 5.56 Å². The second kappa shape index (κ2) is 9.85. The minimum absolute atomic E-state index is 0.189. The smallest absolute Gasteiger partial charge is 0.278 e. The topological polar surface area (TPSA) is 77.1 Å². The van der Waals surface area contributed by atoms with Crippen LogP contribution in [0.4, 0.5) is 5.69 Å². The summed E-state index contributed by atoms with van der Waals surface area (Å²) >= 11 is 6.24. The number of methoxy groups -OCH3 is 3. The third-order valence-electron chi connectivity index (χ3n) is 5.01. The summed E-state index contributed by atoms with van der Waals surface area (Å²) in [7, 11) is 4.63. The van der Waals surface area contributed by atoms with Crippen molar-refractivity contribution < 1.29 is 23.8 Å². The summed E-state index contributed by atoms with van der Waals surface area (Å²) in [6.07, 6.45) is 0.539. The van der Waals surface area contributed by atoms with Crippen LogP contribution in [-0.4, -0.2) is 51.2 Å².